The second-order valence-corrected chi connectivity index (χ2v) is 9.25. The van der Waals surface area contributed by atoms with Crippen LogP contribution in [0.3, 0.4) is 0 Å². The lowest BCUT2D eigenvalue weighted by Crippen LogP contribution is -2.37. The topological polar surface area (TPSA) is 57.7 Å². The van der Waals surface area contributed by atoms with Crippen molar-refractivity contribution in [2.45, 2.75) is 32.4 Å². The molecule has 136 valence electrons. The lowest BCUT2D eigenvalue weighted by Gasteiger charge is -2.23. The molecule has 0 aliphatic carbocycles. The molecule has 0 spiro atoms. The molecule has 2 atom stereocenters. The van der Waals surface area contributed by atoms with E-state index in [-0.39, 0.29) is 29.6 Å². The highest BCUT2D eigenvalue weighted by Gasteiger charge is 2.54. The second kappa shape index (κ2) is 6.13. The van der Waals surface area contributed by atoms with E-state index in [1.807, 2.05) is 55.5 Å². The van der Waals surface area contributed by atoms with Gasteiger partial charge in [0.2, 0.25) is 0 Å². The summed E-state index contributed by atoms with van der Waals surface area (Å²) in [6, 6.07) is 14.7. The Labute approximate surface area is 154 Å². The molecule has 0 N–H and O–H groups in total. The first-order valence-electron chi connectivity index (χ1n) is 8.88. The molecule has 2 saturated heterocycles. The highest BCUT2D eigenvalue weighted by molar-refractivity contribution is 7.91. The Morgan fingerprint density at radius 1 is 0.962 bits per heavy atom. The van der Waals surface area contributed by atoms with Gasteiger partial charge in [-0.1, -0.05) is 31.2 Å². The Morgan fingerprint density at radius 2 is 1.58 bits per heavy atom. The minimum Gasteiger partial charge on any atom is -0.288 e. The van der Waals surface area contributed by atoms with Gasteiger partial charge in [0.1, 0.15) is 0 Å². The normalized spacial score (nSPS) is 24.2. The number of aryl methyl sites for hydroxylation is 2. The third-order valence-corrected chi connectivity index (χ3v) is 6.97. The molecule has 2 aliphatic rings. The molecule has 2 amide bonds. The van der Waals surface area contributed by atoms with Crippen molar-refractivity contribution in [3.63, 3.8) is 0 Å². The number of sulfone groups is 1. The summed E-state index contributed by atoms with van der Waals surface area (Å²) in [6.07, 6.45) is 0.921. The molecule has 6 heteroatoms. The predicted molar refractivity (Wildman–Crippen MR) is 104 cm³/mol. The Kier molecular flexibility index (Phi) is 4.03. The van der Waals surface area contributed by atoms with Crippen LogP contribution in [-0.4, -0.2) is 38.0 Å². The Bertz CT molecular complexity index is 953. The largest absolute Gasteiger partial charge is 0.329 e. The Morgan fingerprint density at radius 3 is 2.15 bits per heavy atom. The Balaban J connectivity index is 1.78. The number of anilines is 2. The average molecular weight is 370 g/mol. The first kappa shape index (κ1) is 17.1. The van der Waals surface area contributed by atoms with Gasteiger partial charge in [-0.05, 0) is 48.7 Å². The summed E-state index contributed by atoms with van der Waals surface area (Å²) in [7, 11) is -3.17. The van der Waals surface area contributed by atoms with Crippen molar-refractivity contribution in [3.8, 4) is 0 Å². The van der Waals surface area contributed by atoms with Gasteiger partial charge < -0.3 is 0 Å². The van der Waals surface area contributed by atoms with Crippen molar-refractivity contribution in [1.29, 1.82) is 0 Å². The molecule has 2 heterocycles. The lowest BCUT2D eigenvalue weighted by molar-refractivity contribution is 0.255. The van der Waals surface area contributed by atoms with E-state index in [1.54, 1.807) is 9.80 Å². The van der Waals surface area contributed by atoms with Crippen LogP contribution in [0, 0.1) is 6.92 Å². The van der Waals surface area contributed by atoms with Gasteiger partial charge in [0.25, 0.3) is 0 Å². The van der Waals surface area contributed by atoms with Crippen LogP contribution in [0.4, 0.5) is 16.2 Å². The van der Waals surface area contributed by atoms with Gasteiger partial charge in [-0.3, -0.25) is 9.80 Å². The molecule has 2 aliphatic heterocycles. The predicted octanol–water partition coefficient (Wildman–Crippen LogP) is 3.17. The molecule has 0 radical (unpaired) electrons. The van der Waals surface area contributed by atoms with Crippen LogP contribution >= 0.6 is 0 Å². The van der Waals surface area contributed by atoms with Gasteiger partial charge in [-0.25, -0.2) is 13.2 Å². The quantitative estimate of drug-likeness (QED) is 0.780. The average Bonchev–Trinajstić information content (AvgIpc) is 3.03. The van der Waals surface area contributed by atoms with Gasteiger partial charge in [-0.2, -0.15) is 0 Å². The number of hydrogen-bond donors (Lipinski definition) is 0. The van der Waals surface area contributed by atoms with E-state index in [9.17, 15) is 13.2 Å². The minimum atomic E-state index is -3.17. The van der Waals surface area contributed by atoms with Gasteiger partial charge >= 0.3 is 6.03 Å². The van der Waals surface area contributed by atoms with Crippen LogP contribution in [-0.2, 0) is 16.3 Å². The van der Waals surface area contributed by atoms with E-state index in [2.05, 4.69) is 6.92 Å². The van der Waals surface area contributed by atoms with Crippen LogP contribution in [0.25, 0.3) is 0 Å². The van der Waals surface area contributed by atoms with Crippen LogP contribution in [0.2, 0.25) is 0 Å². The minimum absolute atomic E-state index is 0.0148. The zero-order valence-corrected chi connectivity index (χ0v) is 15.7. The zero-order chi connectivity index (χ0) is 18.5. The van der Waals surface area contributed by atoms with E-state index in [0.717, 1.165) is 23.4 Å². The van der Waals surface area contributed by atoms with Gasteiger partial charge in [0.15, 0.2) is 9.84 Å². The number of carbonyl (C=O) groups excluding carboxylic acids is 1. The number of hydrogen-bond acceptors (Lipinski definition) is 3. The molecule has 2 aromatic rings. The lowest BCUT2D eigenvalue weighted by atomic mass is 10.1. The van der Waals surface area contributed by atoms with Crippen LogP contribution in [0.5, 0.6) is 0 Å². The number of fused-ring (bicyclic) bond motifs is 1. The third kappa shape index (κ3) is 2.78. The fourth-order valence-corrected chi connectivity index (χ4v) is 5.90. The summed E-state index contributed by atoms with van der Waals surface area (Å²) in [5.41, 5.74) is 3.74. The maximum Gasteiger partial charge on any atom is 0.329 e. The molecule has 5 nitrogen and oxygen atoms in total. The number of amides is 2. The fourth-order valence-electron chi connectivity index (χ4n) is 3.98. The zero-order valence-electron chi connectivity index (χ0n) is 14.9. The standard InChI is InChI=1S/C20H22N2O3S/c1-3-15-7-9-16(10-8-15)21-18-12-26(24,25)13-19(18)22(20(21)23)17-6-4-5-14(2)11-17/h4-11,18-19H,3,12-13H2,1-2H3/t18-,19+/m1/s1. The van der Waals surface area contributed by atoms with Crippen LogP contribution < -0.4 is 9.80 Å². The number of urea groups is 1. The molecule has 2 aromatic carbocycles. The van der Waals surface area contributed by atoms with Crippen LogP contribution in [0.1, 0.15) is 18.1 Å². The summed E-state index contributed by atoms with van der Waals surface area (Å²) in [4.78, 5) is 16.6. The molecule has 26 heavy (non-hydrogen) atoms. The van der Waals surface area contributed by atoms with Crippen molar-refractivity contribution < 1.29 is 13.2 Å². The number of rotatable bonds is 3. The fraction of sp³-hybridized carbons (Fsp3) is 0.350. The van der Waals surface area contributed by atoms with Crippen molar-refractivity contribution in [3.05, 3.63) is 59.7 Å². The monoisotopic (exact) mass is 370 g/mol. The summed E-state index contributed by atoms with van der Waals surface area (Å²) >= 11 is 0. The number of nitrogens with zero attached hydrogens (tertiary/aromatic N) is 2. The molecule has 0 bridgehead atoms. The first-order chi connectivity index (χ1) is 12.4. The number of benzene rings is 2. The maximum absolute atomic E-state index is 13.3. The van der Waals surface area contributed by atoms with E-state index in [4.69, 9.17) is 0 Å². The molecule has 0 unspecified atom stereocenters. The summed E-state index contributed by atoms with van der Waals surface area (Å²) in [6.45, 7) is 4.04. The van der Waals surface area contributed by atoms with Crippen molar-refractivity contribution in [2.24, 2.45) is 0 Å². The SMILES string of the molecule is CCc1ccc(N2C(=O)N(c3cccc(C)c3)[C@H]3CS(=O)(=O)C[C@H]32)cc1. The van der Waals surface area contributed by atoms with Gasteiger partial charge in [0, 0.05) is 11.4 Å². The van der Waals surface area contributed by atoms with Gasteiger partial charge in [0.05, 0.1) is 23.6 Å². The summed E-state index contributed by atoms with van der Waals surface area (Å²) in [5.74, 6) is 0.0299. The highest BCUT2D eigenvalue weighted by atomic mass is 32.2. The number of carbonyl (C=O) groups is 1. The third-order valence-electron chi connectivity index (χ3n) is 5.27. The molecule has 2 fully saturated rings. The van der Waals surface area contributed by atoms with Crippen molar-refractivity contribution in [1.82, 2.24) is 0 Å². The first-order valence-corrected chi connectivity index (χ1v) is 10.7. The van der Waals surface area contributed by atoms with E-state index in [0.29, 0.717) is 0 Å². The van der Waals surface area contributed by atoms with Gasteiger partial charge in [-0.15, -0.1) is 0 Å². The van der Waals surface area contributed by atoms with Crippen molar-refractivity contribution >= 4 is 27.2 Å². The highest BCUT2D eigenvalue weighted by Crippen LogP contribution is 2.38. The molecular weight excluding hydrogens is 348 g/mol. The van der Waals surface area contributed by atoms with E-state index in [1.165, 1.54) is 5.56 Å². The Hall–Kier alpha value is -2.34. The molecule has 0 saturated carbocycles. The summed E-state index contributed by atoms with van der Waals surface area (Å²) in [5, 5.41) is 0. The smallest absolute Gasteiger partial charge is 0.288 e. The van der Waals surface area contributed by atoms with Crippen LogP contribution in [0.15, 0.2) is 48.5 Å². The van der Waals surface area contributed by atoms with E-state index < -0.39 is 9.84 Å². The molecule has 0 aromatic heterocycles. The molecular formula is C20H22N2O3S. The van der Waals surface area contributed by atoms with Crippen molar-refractivity contribution in [2.75, 3.05) is 21.3 Å². The maximum atomic E-state index is 13.3. The summed E-state index contributed by atoms with van der Waals surface area (Å²) < 4.78 is 24.6. The van der Waals surface area contributed by atoms with E-state index >= 15 is 0 Å². The second-order valence-electron chi connectivity index (χ2n) is 7.09. The molecule has 4 rings (SSSR count).